The van der Waals surface area contributed by atoms with Crippen LogP contribution in [-0.4, -0.2) is 22.1 Å². The largest absolute Gasteiger partial charge is 0.390 e. The molecule has 0 aliphatic rings. The Morgan fingerprint density at radius 3 is 2.76 bits per heavy atom. The van der Waals surface area contributed by atoms with Crippen LogP contribution in [0.15, 0.2) is 12.3 Å². The smallest absolute Gasteiger partial charge is 0.372 e. The zero-order valence-electron chi connectivity index (χ0n) is 10.00. The third kappa shape index (κ3) is 5.21. The van der Waals surface area contributed by atoms with Gasteiger partial charge in [-0.3, -0.25) is 4.68 Å². The molecule has 17 heavy (non-hydrogen) atoms. The lowest BCUT2D eigenvalue weighted by molar-refractivity contribution is -0.137. The topological polar surface area (TPSA) is 27.1 Å². The highest BCUT2D eigenvalue weighted by Gasteiger charge is 2.27. The van der Waals surface area contributed by atoms with Crippen LogP contribution in [0, 0.1) is 0 Å². The third-order valence-electron chi connectivity index (χ3n) is 2.50. The van der Waals surface area contributed by atoms with Crippen LogP contribution in [-0.2, 0) is 17.9 Å². The summed E-state index contributed by atoms with van der Waals surface area (Å²) in [5, 5.41) is 3.86. The minimum atomic E-state index is -4.15. The van der Waals surface area contributed by atoms with E-state index in [0.717, 1.165) is 6.42 Å². The highest BCUT2D eigenvalue weighted by Crippen LogP contribution is 2.20. The van der Waals surface area contributed by atoms with Gasteiger partial charge in [0.2, 0.25) is 0 Å². The van der Waals surface area contributed by atoms with Crippen molar-refractivity contribution < 1.29 is 17.9 Å². The lowest BCUT2D eigenvalue weighted by atomic mass is 10.3. The molecular formula is C11H17F3N2O. The molecule has 1 aromatic heterocycles. The normalized spacial score (nSPS) is 13.9. The molecule has 0 aliphatic heterocycles. The summed E-state index contributed by atoms with van der Waals surface area (Å²) in [6.07, 6.45) is -2.56. The minimum absolute atomic E-state index is 0.0981. The molecule has 0 aliphatic carbocycles. The van der Waals surface area contributed by atoms with Crippen LogP contribution in [0.5, 0.6) is 0 Å². The molecule has 1 atom stereocenters. The molecule has 0 fully saturated rings. The van der Waals surface area contributed by atoms with Crippen molar-refractivity contribution in [3.63, 3.8) is 0 Å². The number of alkyl halides is 3. The Morgan fingerprint density at radius 1 is 1.47 bits per heavy atom. The molecule has 3 nitrogen and oxygen atoms in total. The van der Waals surface area contributed by atoms with Crippen molar-refractivity contribution in [2.45, 2.75) is 52.1 Å². The van der Waals surface area contributed by atoms with Crippen LogP contribution in [0.1, 0.15) is 32.4 Å². The van der Waals surface area contributed by atoms with E-state index in [0.29, 0.717) is 12.3 Å². The molecule has 0 saturated heterocycles. The van der Waals surface area contributed by atoms with Crippen LogP contribution < -0.4 is 0 Å². The van der Waals surface area contributed by atoms with Crippen LogP contribution in [0.4, 0.5) is 13.2 Å². The Bertz CT molecular complexity index is 336. The first-order valence-electron chi connectivity index (χ1n) is 5.61. The molecule has 0 unspecified atom stereocenters. The maximum atomic E-state index is 12.1. The second kappa shape index (κ2) is 6.05. The van der Waals surface area contributed by atoms with E-state index < -0.39 is 12.6 Å². The Labute approximate surface area is 98.6 Å². The van der Waals surface area contributed by atoms with Crippen LogP contribution in [0.2, 0.25) is 0 Å². The summed E-state index contributed by atoms with van der Waals surface area (Å²) in [5.74, 6) is 0. The maximum Gasteiger partial charge on any atom is 0.390 e. The molecule has 0 spiro atoms. The number of hydrogen-bond acceptors (Lipinski definition) is 2. The quantitative estimate of drug-likeness (QED) is 0.775. The summed E-state index contributed by atoms with van der Waals surface area (Å²) in [5.41, 5.74) is 0.676. The number of hydrogen-bond donors (Lipinski definition) is 0. The minimum Gasteiger partial charge on any atom is -0.372 e. The SMILES string of the molecule is CC[C@H](C)OCc1ccnn1CCC(F)(F)F. The molecular weight excluding hydrogens is 233 g/mol. The van der Waals surface area contributed by atoms with Gasteiger partial charge >= 0.3 is 6.18 Å². The van der Waals surface area contributed by atoms with Gasteiger partial charge in [0.15, 0.2) is 0 Å². The summed E-state index contributed by atoms with van der Waals surface area (Å²) >= 11 is 0. The fourth-order valence-corrected chi connectivity index (χ4v) is 1.26. The van der Waals surface area contributed by atoms with Gasteiger partial charge in [0, 0.05) is 12.7 Å². The second-order valence-corrected chi connectivity index (χ2v) is 3.94. The zero-order chi connectivity index (χ0) is 12.9. The molecule has 0 radical (unpaired) electrons. The van der Waals surface area contributed by atoms with Crippen LogP contribution in [0.25, 0.3) is 0 Å². The number of rotatable bonds is 6. The average molecular weight is 250 g/mol. The standard InChI is InChI=1S/C11H17F3N2O/c1-3-9(2)17-8-10-4-6-15-16(10)7-5-11(12,13)14/h4,6,9H,3,5,7-8H2,1-2H3/t9-/m0/s1. The number of nitrogens with zero attached hydrogens (tertiary/aromatic N) is 2. The van der Waals surface area contributed by atoms with Gasteiger partial charge < -0.3 is 4.74 Å². The van der Waals surface area contributed by atoms with Crippen molar-refractivity contribution in [1.82, 2.24) is 9.78 Å². The first-order chi connectivity index (χ1) is 7.92. The van der Waals surface area contributed by atoms with E-state index in [4.69, 9.17) is 4.74 Å². The molecule has 0 saturated carbocycles. The number of aryl methyl sites for hydroxylation is 1. The predicted molar refractivity (Wildman–Crippen MR) is 57.4 cm³/mol. The van der Waals surface area contributed by atoms with E-state index in [1.807, 2.05) is 13.8 Å². The van der Waals surface area contributed by atoms with Gasteiger partial charge in [0.05, 0.1) is 24.8 Å². The molecule has 0 bridgehead atoms. The summed E-state index contributed by atoms with van der Waals surface area (Å²) < 4.78 is 43.0. The molecule has 6 heteroatoms. The fraction of sp³-hybridized carbons (Fsp3) is 0.727. The molecule has 98 valence electrons. The molecule has 0 N–H and O–H groups in total. The molecule has 1 heterocycles. The van der Waals surface area contributed by atoms with E-state index in [1.54, 1.807) is 6.07 Å². The summed E-state index contributed by atoms with van der Waals surface area (Å²) in [6.45, 7) is 4.06. The molecule has 0 amide bonds. The molecule has 1 rings (SSSR count). The van der Waals surface area contributed by atoms with Crippen molar-refractivity contribution >= 4 is 0 Å². The first kappa shape index (κ1) is 14.0. The second-order valence-electron chi connectivity index (χ2n) is 3.94. The Kier molecular flexibility index (Phi) is 4.99. The van der Waals surface area contributed by atoms with E-state index in [9.17, 15) is 13.2 Å². The van der Waals surface area contributed by atoms with E-state index in [-0.39, 0.29) is 12.6 Å². The summed E-state index contributed by atoms with van der Waals surface area (Å²) in [7, 11) is 0. The van der Waals surface area contributed by atoms with Gasteiger partial charge in [-0.2, -0.15) is 18.3 Å². The highest BCUT2D eigenvalue weighted by atomic mass is 19.4. The zero-order valence-corrected chi connectivity index (χ0v) is 10.00. The van der Waals surface area contributed by atoms with Crippen molar-refractivity contribution in [1.29, 1.82) is 0 Å². The lowest BCUT2D eigenvalue weighted by Crippen LogP contribution is -2.16. The van der Waals surface area contributed by atoms with E-state index in [2.05, 4.69) is 5.10 Å². The Morgan fingerprint density at radius 2 is 2.18 bits per heavy atom. The van der Waals surface area contributed by atoms with Crippen molar-refractivity contribution in [2.24, 2.45) is 0 Å². The van der Waals surface area contributed by atoms with Gasteiger partial charge in [0.25, 0.3) is 0 Å². The number of aromatic nitrogens is 2. The Balaban J connectivity index is 2.48. The van der Waals surface area contributed by atoms with Crippen molar-refractivity contribution in [3.8, 4) is 0 Å². The molecule has 1 aromatic rings. The molecule has 0 aromatic carbocycles. The van der Waals surface area contributed by atoms with Gasteiger partial charge in [-0.05, 0) is 19.4 Å². The van der Waals surface area contributed by atoms with Gasteiger partial charge in [0.1, 0.15) is 0 Å². The van der Waals surface area contributed by atoms with Gasteiger partial charge in [-0.15, -0.1) is 0 Å². The van der Waals surface area contributed by atoms with Crippen LogP contribution >= 0.6 is 0 Å². The first-order valence-corrected chi connectivity index (χ1v) is 5.61. The monoisotopic (exact) mass is 250 g/mol. The number of halogens is 3. The summed E-state index contributed by atoms with van der Waals surface area (Å²) in [4.78, 5) is 0. The van der Waals surface area contributed by atoms with E-state index in [1.165, 1.54) is 10.9 Å². The highest BCUT2D eigenvalue weighted by molar-refractivity contribution is 4.98. The maximum absolute atomic E-state index is 12.1. The third-order valence-corrected chi connectivity index (χ3v) is 2.50. The van der Waals surface area contributed by atoms with Crippen molar-refractivity contribution in [3.05, 3.63) is 18.0 Å². The summed E-state index contributed by atoms with van der Waals surface area (Å²) in [6, 6.07) is 1.68. The van der Waals surface area contributed by atoms with Gasteiger partial charge in [-0.1, -0.05) is 6.92 Å². The van der Waals surface area contributed by atoms with Crippen molar-refractivity contribution in [2.75, 3.05) is 0 Å². The average Bonchev–Trinajstić information content (AvgIpc) is 2.69. The fourth-order valence-electron chi connectivity index (χ4n) is 1.26. The van der Waals surface area contributed by atoms with E-state index >= 15 is 0 Å². The number of ether oxygens (including phenoxy) is 1. The van der Waals surface area contributed by atoms with Crippen LogP contribution in [0.3, 0.4) is 0 Å². The van der Waals surface area contributed by atoms with Gasteiger partial charge in [-0.25, -0.2) is 0 Å². The predicted octanol–water partition coefficient (Wildman–Crippen LogP) is 3.15. The lowest BCUT2D eigenvalue weighted by Gasteiger charge is -2.12. The Hall–Kier alpha value is -1.04.